The Kier molecular flexibility index (Phi) is 39.9. The minimum atomic E-state index is -4.78. The maximum Gasteiger partial charge on any atom is 0.472 e. The summed E-state index contributed by atoms with van der Waals surface area (Å²) in [6, 6.07) is -1.56. The van der Waals surface area contributed by atoms with Gasteiger partial charge >= 0.3 is 25.7 Å². The van der Waals surface area contributed by atoms with Crippen LogP contribution in [-0.2, 0) is 37.5 Å². The van der Waals surface area contributed by atoms with E-state index < -0.39 is 63.8 Å². The smallest absolute Gasteiger partial charge is 0.472 e. The first-order valence-electron chi connectivity index (χ1n) is 22.3. The lowest BCUT2D eigenvalue weighted by Crippen LogP contribution is -2.34. The van der Waals surface area contributed by atoms with Crippen LogP contribution in [0.2, 0.25) is 0 Å². The summed E-state index contributed by atoms with van der Waals surface area (Å²) in [6.07, 6.45) is 55.5. The first-order valence-corrected chi connectivity index (χ1v) is 23.8. The highest BCUT2D eigenvalue weighted by Crippen LogP contribution is 2.43. The molecule has 4 atom stereocenters. The lowest BCUT2D eigenvalue weighted by molar-refractivity contribution is -0.161. The molecule has 352 valence electrons. The van der Waals surface area contributed by atoms with E-state index in [4.69, 9.17) is 24.8 Å². The second kappa shape index (κ2) is 42.9. The number of aliphatic hydroxyl groups excluding tert-OH is 1. The Morgan fingerprint density at radius 1 is 0.571 bits per heavy atom. The quantitative estimate of drug-likeness (QED) is 0.0150. The minimum absolute atomic E-state index is 0.00151. The van der Waals surface area contributed by atoms with Gasteiger partial charge in [-0.3, -0.25) is 23.4 Å². The van der Waals surface area contributed by atoms with Crippen molar-refractivity contribution in [2.75, 3.05) is 19.8 Å². The predicted molar refractivity (Wildman–Crippen MR) is 255 cm³/mol. The molecule has 0 saturated carbocycles. The second-order valence-electron chi connectivity index (χ2n) is 14.3. The average Bonchev–Trinajstić information content (AvgIpc) is 3.26. The third-order valence-electron chi connectivity index (χ3n) is 8.49. The first-order chi connectivity index (χ1) is 30.5. The monoisotopic (exact) mass is 898 g/mol. The number of hydrogen-bond donors (Lipinski definition) is 4. The van der Waals surface area contributed by atoms with Crippen LogP contribution in [0.25, 0.3) is 0 Å². The van der Waals surface area contributed by atoms with E-state index in [1.54, 1.807) is 24.3 Å². The molecular formula is C50H76NO11P. The molecule has 0 aromatic rings. The molecule has 0 fully saturated rings. The van der Waals surface area contributed by atoms with Gasteiger partial charge in [-0.15, -0.1) is 0 Å². The van der Waals surface area contributed by atoms with E-state index in [-0.39, 0.29) is 12.8 Å². The van der Waals surface area contributed by atoms with Crippen molar-refractivity contribution in [2.45, 2.75) is 141 Å². The van der Waals surface area contributed by atoms with E-state index in [1.165, 1.54) is 0 Å². The van der Waals surface area contributed by atoms with Gasteiger partial charge in [-0.1, -0.05) is 154 Å². The van der Waals surface area contributed by atoms with E-state index in [2.05, 4.69) is 116 Å². The number of nitrogens with two attached hydrogens (primary N) is 1. The Morgan fingerprint density at radius 2 is 1.06 bits per heavy atom. The number of aliphatic carboxylic acids is 1. The normalized spacial score (nSPS) is 15.4. The van der Waals surface area contributed by atoms with E-state index in [0.29, 0.717) is 19.3 Å². The molecule has 13 heteroatoms. The van der Waals surface area contributed by atoms with Crippen molar-refractivity contribution in [1.29, 1.82) is 0 Å². The van der Waals surface area contributed by atoms with Gasteiger partial charge in [-0.25, -0.2) is 4.57 Å². The molecule has 2 unspecified atom stereocenters. The Balaban J connectivity index is 4.65. The molecule has 0 amide bonds. The molecule has 0 spiro atoms. The molecule has 0 aromatic heterocycles. The summed E-state index contributed by atoms with van der Waals surface area (Å²) in [4.78, 5) is 46.0. The molecular weight excluding hydrogens is 822 g/mol. The molecule has 0 aliphatic carbocycles. The van der Waals surface area contributed by atoms with Gasteiger partial charge in [0.15, 0.2) is 6.10 Å². The van der Waals surface area contributed by atoms with Crippen LogP contribution in [-0.4, -0.2) is 71.1 Å². The number of carboxylic acids is 1. The van der Waals surface area contributed by atoms with Gasteiger partial charge in [-0.2, -0.15) is 0 Å². The number of carbonyl (C=O) groups excluding carboxylic acids is 2. The van der Waals surface area contributed by atoms with Crippen molar-refractivity contribution in [2.24, 2.45) is 5.73 Å². The molecule has 0 aliphatic rings. The number of carboxylic acid groups (broad SMARTS) is 1. The SMILES string of the molecule is CC/C=C\C/C=C\C/C=C\C/C=C\C=C/C(O)C/C=C\CCC(=O)OC[C@H](COP(=O)(O)OC[C@H](N)C(=O)O)OC(=O)CCCCC/C=C\C/C=C\C/C=C\C/C=C\C/C=C\CC. The zero-order chi connectivity index (χ0) is 46.5. The third kappa shape index (κ3) is 42.6. The molecule has 0 bridgehead atoms. The lowest BCUT2D eigenvalue weighted by atomic mass is 10.1. The fourth-order valence-electron chi connectivity index (χ4n) is 5.02. The topological polar surface area (TPSA) is 192 Å². The van der Waals surface area contributed by atoms with Crippen molar-refractivity contribution < 1.29 is 52.6 Å². The number of phosphoric acid groups is 1. The van der Waals surface area contributed by atoms with E-state index in [0.717, 1.165) is 77.0 Å². The summed E-state index contributed by atoms with van der Waals surface area (Å²) in [5, 5.41) is 19.1. The summed E-state index contributed by atoms with van der Waals surface area (Å²) < 4.78 is 32.5. The zero-order valence-corrected chi connectivity index (χ0v) is 38.6. The third-order valence-corrected chi connectivity index (χ3v) is 9.44. The van der Waals surface area contributed by atoms with E-state index in [9.17, 15) is 28.9 Å². The lowest BCUT2D eigenvalue weighted by Gasteiger charge is -2.20. The predicted octanol–water partition coefficient (Wildman–Crippen LogP) is 11.1. The first kappa shape index (κ1) is 58.6. The number of aliphatic hydroxyl groups is 1. The van der Waals surface area contributed by atoms with Crippen LogP contribution in [0.4, 0.5) is 0 Å². The van der Waals surface area contributed by atoms with Crippen LogP contribution >= 0.6 is 7.82 Å². The van der Waals surface area contributed by atoms with Gasteiger partial charge in [0.2, 0.25) is 0 Å². The van der Waals surface area contributed by atoms with Crippen molar-refractivity contribution in [3.05, 3.63) is 134 Å². The van der Waals surface area contributed by atoms with Crippen LogP contribution in [0.15, 0.2) is 134 Å². The number of esters is 2. The summed E-state index contributed by atoms with van der Waals surface area (Å²) in [7, 11) is -4.78. The van der Waals surface area contributed by atoms with Gasteiger partial charge in [0, 0.05) is 12.8 Å². The number of allylic oxidation sites excluding steroid dienone is 20. The molecule has 12 nitrogen and oxygen atoms in total. The number of carbonyl (C=O) groups is 3. The molecule has 0 aliphatic heterocycles. The van der Waals surface area contributed by atoms with Gasteiger partial charge in [0.25, 0.3) is 0 Å². The van der Waals surface area contributed by atoms with Gasteiger partial charge in [0.05, 0.1) is 19.3 Å². The van der Waals surface area contributed by atoms with Gasteiger partial charge < -0.3 is 30.3 Å². The van der Waals surface area contributed by atoms with Gasteiger partial charge in [-0.05, 0) is 89.9 Å². The minimum Gasteiger partial charge on any atom is -0.480 e. The van der Waals surface area contributed by atoms with E-state index >= 15 is 0 Å². The van der Waals surface area contributed by atoms with E-state index in [1.807, 2.05) is 12.2 Å². The zero-order valence-electron chi connectivity index (χ0n) is 37.7. The van der Waals surface area contributed by atoms with Crippen LogP contribution in [0, 0.1) is 0 Å². The van der Waals surface area contributed by atoms with Crippen molar-refractivity contribution in [1.82, 2.24) is 0 Å². The summed E-state index contributed by atoms with van der Waals surface area (Å²) in [5.74, 6) is -2.65. The molecule has 0 rings (SSSR count). The maximum atomic E-state index is 12.6. The highest BCUT2D eigenvalue weighted by molar-refractivity contribution is 7.47. The standard InChI is InChI=1S/C50H76NO11P/c1-3-5-7-9-11-13-15-17-18-19-20-21-22-24-26-28-30-32-36-41-49(54)62-46(43-60-63(57,58)61-44-47(51)50(55)56)42-59-48(53)40-37-33-35-39-45(52)38-34-31-29-27-25-23-16-14-12-10-8-6-4-2/h5-8,11-14,17-18,20-21,23-26,29,31,33-35,38,45-47,52H,3-4,9-10,15-16,19,22,27-28,30,32,36-37,39-44,51H2,1-2H3,(H,55,56)(H,57,58)/b7-5-,8-6-,13-11-,14-12-,18-17-,21-20-,25-23-,26-24-,31-29-,35-33-,38-34-/t45?,46-,47+/m1/s1. The second-order valence-corrected chi connectivity index (χ2v) is 15.7. The van der Waals surface area contributed by atoms with Crippen LogP contribution in [0.3, 0.4) is 0 Å². The van der Waals surface area contributed by atoms with Gasteiger partial charge in [0.1, 0.15) is 12.6 Å². The summed E-state index contributed by atoms with van der Waals surface area (Å²) >= 11 is 0. The summed E-state index contributed by atoms with van der Waals surface area (Å²) in [6.45, 7) is 2.33. The fourth-order valence-corrected chi connectivity index (χ4v) is 5.80. The fraction of sp³-hybridized carbons (Fsp3) is 0.500. The van der Waals surface area contributed by atoms with Crippen LogP contribution in [0.1, 0.15) is 123 Å². The molecule has 0 heterocycles. The number of hydrogen-bond acceptors (Lipinski definition) is 10. The molecule has 5 N–H and O–H groups in total. The Bertz CT molecular complexity index is 1590. The maximum absolute atomic E-state index is 12.6. The largest absolute Gasteiger partial charge is 0.480 e. The molecule has 0 saturated heterocycles. The van der Waals surface area contributed by atoms with Crippen molar-refractivity contribution in [3.63, 3.8) is 0 Å². The average molecular weight is 898 g/mol. The van der Waals surface area contributed by atoms with Crippen LogP contribution in [0.5, 0.6) is 0 Å². The Labute approximate surface area is 377 Å². The number of unbranched alkanes of at least 4 members (excludes halogenated alkanes) is 3. The van der Waals surface area contributed by atoms with Crippen molar-refractivity contribution >= 4 is 25.7 Å². The highest BCUT2D eigenvalue weighted by atomic mass is 31.2. The number of rotatable bonds is 39. The van der Waals surface area contributed by atoms with Crippen molar-refractivity contribution in [3.8, 4) is 0 Å². The Morgan fingerprint density at radius 3 is 1.60 bits per heavy atom. The molecule has 63 heavy (non-hydrogen) atoms. The summed E-state index contributed by atoms with van der Waals surface area (Å²) in [5.41, 5.74) is 5.32. The highest BCUT2D eigenvalue weighted by Gasteiger charge is 2.28. The number of ether oxygens (including phenoxy) is 2. The molecule has 0 radical (unpaired) electrons. The van der Waals surface area contributed by atoms with Crippen LogP contribution < -0.4 is 5.73 Å². The molecule has 0 aromatic carbocycles. The Hall–Kier alpha value is -4.42. The number of phosphoric ester groups is 1.